The lowest BCUT2D eigenvalue weighted by Gasteiger charge is -2.23. The van der Waals surface area contributed by atoms with Gasteiger partial charge in [-0.2, -0.15) is 4.31 Å². The number of sulfonamides is 1. The van der Waals surface area contributed by atoms with Crippen molar-refractivity contribution >= 4 is 20.9 Å². The molecular formula is C26H23FN2O5S. The van der Waals surface area contributed by atoms with Crippen LogP contribution in [0.5, 0.6) is 11.5 Å². The summed E-state index contributed by atoms with van der Waals surface area (Å²) in [6.45, 7) is 1.77. The molecule has 0 unspecified atom stereocenters. The molecule has 180 valence electrons. The summed E-state index contributed by atoms with van der Waals surface area (Å²) in [5.74, 6) is 0.208. The highest BCUT2D eigenvalue weighted by Crippen LogP contribution is 2.33. The van der Waals surface area contributed by atoms with E-state index in [0.717, 1.165) is 27.7 Å². The minimum Gasteiger partial charge on any atom is -0.454 e. The summed E-state index contributed by atoms with van der Waals surface area (Å²) in [5, 5.41) is 0.797. The number of fused-ring (bicyclic) bond motifs is 2. The zero-order valence-electron chi connectivity index (χ0n) is 19.0. The van der Waals surface area contributed by atoms with Gasteiger partial charge < -0.3 is 14.5 Å². The quantitative estimate of drug-likeness (QED) is 0.413. The highest BCUT2D eigenvalue weighted by atomic mass is 32.2. The number of ether oxygens (including phenoxy) is 2. The monoisotopic (exact) mass is 494 g/mol. The smallest absolute Gasteiger partial charge is 0.252 e. The molecule has 1 N–H and O–H groups in total. The van der Waals surface area contributed by atoms with Gasteiger partial charge in [-0.15, -0.1) is 0 Å². The van der Waals surface area contributed by atoms with E-state index < -0.39 is 26.3 Å². The molecule has 1 aromatic heterocycles. The summed E-state index contributed by atoms with van der Waals surface area (Å²) in [5.41, 5.74) is 2.22. The fourth-order valence-electron chi connectivity index (χ4n) is 4.09. The summed E-state index contributed by atoms with van der Waals surface area (Å²) >= 11 is 0. The third-order valence-electron chi connectivity index (χ3n) is 5.99. The number of aryl methyl sites for hydroxylation is 1. The van der Waals surface area contributed by atoms with Gasteiger partial charge in [0.25, 0.3) is 5.56 Å². The van der Waals surface area contributed by atoms with Crippen LogP contribution in [0.2, 0.25) is 0 Å². The SMILES string of the molecule is CCc1ccc2[nH]c(=O)c(CN(Cc3ccc4c(c3)OCO4)S(=O)(=O)c3ccccc3F)cc2c1. The Hall–Kier alpha value is -3.69. The molecule has 5 rings (SSSR count). The zero-order valence-corrected chi connectivity index (χ0v) is 19.8. The lowest BCUT2D eigenvalue weighted by molar-refractivity contribution is 0.174. The second kappa shape index (κ2) is 9.16. The van der Waals surface area contributed by atoms with Gasteiger partial charge in [0.05, 0.1) is 0 Å². The Balaban J connectivity index is 1.58. The maximum atomic E-state index is 14.6. The van der Waals surface area contributed by atoms with E-state index in [-0.39, 0.29) is 25.4 Å². The van der Waals surface area contributed by atoms with Gasteiger partial charge in [0.1, 0.15) is 10.7 Å². The third kappa shape index (κ3) is 4.52. The van der Waals surface area contributed by atoms with Crippen LogP contribution < -0.4 is 15.0 Å². The van der Waals surface area contributed by atoms with Gasteiger partial charge in [-0.3, -0.25) is 4.79 Å². The van der Waals surface area contributed by atoms with Crippen LogP contribution in [0.1, 0.15) is 23.6 Å². The second-order valence-electron chi connectivity index (χ2n) is 8.29. The van der Waals surface area contributed by atoms with Gasteiger partial charge >= 0.3 is 0 Å². The van der Waals surface area contributed by atoms with E-state index in [2.05, 4.69) is 4.98 Å². The maximum Gasteiger partial charge on any atom is 0.252 e. The summed E-state index contributed by atoms with van der Waals surface area (Å²) < 4.78 is 53.6. The first-order valence-electron chi connectivity index (χ1n) is 11.1. The average Bonchev–Trinajstić information content (AvgIpc) is 3.32. The Morgan fingerprint density at radius 2 is 1.71 bits per heavy atom. The van der Waals surface area contributed by atoms with Crippen LogP contribution in [-0.4, -0.2) is 24.5 Å². The Kier molecular flexibility index (Phi) is 6.04. The molecule has 2 heterocycles. The number of aromatic amines is 1. The van der Waals surface area contributed by atoms with Gasteiger partial charge in [0.2, 0.25) is 16.8 Å². The van der Waals surface area contributed by atoms with Crippen molar-refractivity contribution in [3.63, 3.8) is 0 Å². The highest BCUT2D eigenvalue weighted by Gasteiger charge is 2.29. The Morgan fingerprint density at radius 3 is 2.51 bits per heavy atom. The van der Waals surface area contributed by atoms with Crippen LogP contribution in [0.3, 0.4) is 0 Å². The molecule has 9 heteroatoms. The second-order valence-corrected chi connectivity index (χ2v) is 10.2. The molecule has 0 spiro atoms. The molecule has 0 amide bonds. The molecule has 1 aliphatic rings. The van der Waals surface area contributed by atoms with Gasteiger partial charge in [-0.25, -0.2) is 12.8 Å². The molecule has 0 fully saturated rings. The van der Waals surface area contributed by atoms with Crippen LogP contribution in [0.4, 0.5) is 4.39 Å². The van der Waals surface area contributed by atoms with Crippen molar-refractivity contribution in [2.75, 3.05) is 6.79 Å². The normalized spacial score (nSPS) is 13.0. The van der Waals surface area contributed by atoms with Crippen molar-refractivity contribution in [3.05, 3.63) is 99.6 Å². The highest BCUT2D eigenvalue weighted by molar-refractivity contribution is 7.89. The van der Waals surface area contributed by atoms with E-state index in [1.165, 1.54) is 18.2 Å². The number of rotatable bonds is 7. The number of nitrogens with zero attached hydrogens (tertiary/aromatic N) is 1. The van der Waals surface area contributed by atoms with Crippen LogP contribution in [0.15, 0.2) is 76.4 Å². The number of hydrogen-bond donors (Lipinski definition) is 1. The average molecular weight is 495 g/mol. The number of nitrogens with one attached hydrogen (secondary N) is 1. The summed E-state index contributed by atoms with van der Waals surface area (Å²) in [6.07, 6.45) is 0.822. The molecule has 0 bridgehead atoms. The molecule has 3 aromatic carbocycles. The molecule has 4 aromatic rings. The molecule has 7 nitrogen and oxygen atoms in total. The van der Waals surface area contributed by atoms with Crippen LogP contribution in [0, 0.1) is 5.82 Å². The van der Waals surface area contributed by atoms with Crippen molar-refractivity contribution in [2.45, 2.75) is 31.3 Å². The fourth-order valence-corrected chi connectivity index (χ4v) is 5.56. The molecule has 1 aliphatic heterocycles. The molecule has 35 heavy (non-hydrogen) atoms. The van der Waals surface area contributed by atoms with Gasteiger partial charge in [0, 0.05) is 24.2 Å². The predicted molar refractivity (Wildman–Crippen MR) is 129 cm³/mol. The van der Waals surface area contributed by atoms with Gasteiger partial charge in [-0.05, 0) is 65.4 Å². The van der Waals surface area contributed by atoms with Crippen molar-refractivity contribution in [1.29, 1.82) is 0 Å². The largest absolute Gasteiger partial charge is 0.454 e. The van der Waals surface area contributed by atoms with Crippen molar-refractivity contribution in [2.24, 2.45) is 0 Å². The van der Waals surface area contributed by atoms with E-state index in [4.69, 9.17) is 9.47 Å². The zero-order chi connectivity index (χ0) is 24.6. The summed E-state index contributed by atoms with van der Waals surface area (Å²) in [4.78, 5) is 15.2. The van der Waals surface area contributed by atoms with E-state index in [1.807, 2.05) is 25.1 Å². The predicted octanol–water partition coefficient (Wildman–Crippen LogP) is 4.35. The molecule has 0 atom stereocenters. The number of pyridine rings is 1. The lowest BCUT2D eigenvalue weighted by Crippen LogP contribution is -2.33. The standard InChI is InChI=1S/C26H23FN2O5S/c1-2-17-7-9-22-19(11-17)13-20(26(30)28-22)15-29(35(31,32)25-6-4-3-5-21(25)27)14-18-8-10-23-24(12-18)34-16-33-23/h3-13H,2,14-16H2,1H3,(H,28,30). The van der Waals surface area contributed by atoms with Crippen LogP contribution in [-0.2, 0) is 29.5 Å². The minimum absolute atomic E-state index is 0.0856. The third-order valence-corrected chi connectivity index (χ3v) is 7.82. The summed E-state index contributed by atoms with van der Waals surface area (Å²) in [7, 11) is -4.29. The van der Waals surface area contributed by atoms with Gasteiger partial charge in [-0.1, -0.05) is 31.2 Å². The van der Waals surface area contributed by atoms with E-state index >= 15 is 0 Å². The fraction of sp³-hybridized carbons (Fsp3) is 0.192. The first-order chi connectivity index (χ1) is 16.8. The number of aromatic nitrogens is 1. The molecule has 0 radical (unpaired) electrons. The lowest BCUT2D eigenvalue weighted by atomic mass is 10.1. The van der Waals surface area contributed by atoms with Crippen LogP contribution in [0.25, 0.3) is 10.9 Å². The van der Waals surface area contributed by atoms with Crippen molar-refractivity contribution in [3.8, 4) is 11.5 Å². The Labute approximate surface area is 201 Å². The van der Waals surface area contributed by atoms with Crippen LogP contribution >= 0.6 is 0 Å². The number of hydrogen-bond acceptors (Lipinski definition) is 5. The van der Waals surface area contributed by atoms with E-state index in [1.54, 1.807) is 24.3 Å². The maximum absolute atomic E-state index is 14.6. The van der Waals surface area contributed by atoms with E-state index in [0.29, 0.717) is 22.6 Å². The minimum atomic E-state index is -4.29. The van der Waals surface area contributed by atoms with Crippen molar-refractivity contribution in [1.82, 2.24) is 9.29 Å². The molecular weight excluding hydrogens is 471 g/mol. The van der Waals surface area contributed by atoms with E-state index in [9.17, 15) is 17.6 Å². The molecule has 0 saturated carbocycles. The molecule has 0 aliphatic carbocycles. The number of H-pyrrole nitrogens is 1. The first kappa shape index (κ1) is 23.1. The Morgan fingerprint density at radius 1 is 0.943 bits per heavy atom. The topological polar surface area (TPSA) is 88.7 Å². The molecule has 0 saturated heterocycles. The number of halogens is 1. The summed E-state index contributed by atoms with van der Waals surface area (Å²) in [6, 6.07) is 17.7. The Bertz CT molecular complexity index is 1580. The number of benzene rings is 3. The first-order valence-corrected chi connectivity index (χ1v) is 12.6. The van der Waals surface area contributed by atoms with Gasteiger partial charge in [0.15, 0.2) is 11.5 Å². The van der Waals surface area contributed by atoms with Crippen molar-refractivity contribution < 1.29 is 22.3 Å².